The number of hydrogen-bond acceptors (Lipinski definition) is 4. The Morgan fingerprint density at radius 2 is 1.83 bits per heavy atom. The summed E-state index contributed by atoms with van der Waals surface area (Å²) in [6, 6.07) is 6.77. The molecular weight excluding hydrogens is 250 g/mol. The van der Waals surface area contributed by atoms with Crippen molar-refractivity contribution in [2.24, 2.45) is 0 Å². The summed E-state index contributed by atoms with van der Waals surface area (Å²) in [4.78, 5) is 2.21. The highest BCUT2D eigenvalue weighted by atomic mass is 32.2. The lowest BCUT2D eigenvalue weighted by molar-refractivity contribution is 0.342. The maximum Gasteiger partial charge on any atom is 0.182 e. The van der Waals surface area contributed by atoms with Gasteiger partial charge in [0.15, 0.2) is 9.84 Å². The van der Waals surface area contributed by atoms with E-state index in [-0.39, 0.29) is 12.4 Å². The van der Waals surface area contributed by atoms with E-state index >= 15 is 0 Å². The minimum Gasteiger partial charge on any atom is -0.392 e. The van der Waals surface area contributed by atoms with Crippen LogP contribution in [0.15, 0.2) is 40.8 Å². The van der Waals surface area contributed by atoms with Gasteiger partial charge in [-0.1, -0.05) is 11.6 Å². The van der Waals surface area contributed by atoms with E-state index in [0.717, 1.165) is 5.69 Å². The summed E-state index contributed by atoms with van der Waals surface area (Å²) in [5, 5.41) is 8.72. The Bertz CT molecular complexity index is 516. The predicted molar refractivity (Wildman–Crippen MR) is 73.7 cm³/mol. The fraction of sp³-hybridized carbons (Fsp3) is 0.385. The summed E-state index contributed by atoms with van der Waals surface area (Å²) in [6.07, 6.45) is 1.51. The van der Waals surface area contributed by atoms with Crippen LogP contribution in [-0.2, 0) is 9.84 Å². The van der Waals surface area contributed by atoms with E-state index in [9.17, 15) is 8.42 Å². The molecule has 0 unspecified atom stereocenters. The van der Waals surface area contributed by atoms with Crippen molar-refractivity contribution in [3.63, 3.8) is 0 Å². The van der Waals surface area contributed by atoms with Crippen LogP contribution in [0.3, 0.4) is 0 Å². The summed E-state index contributed by atoms with van der Waals surface area (Å²) in [5.74, 6) is -0.0606. The van der Waals surface area contributed by atoms with Crippen molar-refractivity contribution in [1.82, 2.24) is 0 Å². The van der Waals surface area contributed by atoms with E-state index in [0.29, 0.717) is 10.5 Å². The van der Waals surface area contributed by atoms with Gasteiger partial charge in [0.1, 0.15) is 0 Å². The second-order valence-corrected chi connectivity index (χ2v) is 6.37. The Morgan fingerprint density at radius 1 is 1.28 bits per heavy atom. The molecule has 0 amide bonds. The highest BCUT2D eigenvalue weighted by Crippen LogP contribution is 2.18. The van der Waals surface area contributed by atoms with Crippen molar-refractivity contribution in [2.75, 3.05) is 31.4 Å². The molecule has 4 nitrogen and oxygen atoms in total. The zero-order valence-electron chi connectivity index (χ0n) is 10.9. The molecule has 0 atom stereocenters. The van der Waals surface area contributed by atoms with Crippen LogP contribution in [0.4, 0.5) is 5.69 Å². The van der Waals surface area contributed by atoms with Crippen molar-refractivity contribution in [3.05, 3.63) is 35.9 Å². The van der Waals surface area contributed by atoms with E-state index < -0.39 is 9.84 Å². The maximum absolute atomic E-state index is 12.1. The number of hydrogen-bond donors (Lipinski definition) is 1. The van der Waals surface area contributed by atoms with Crippen LogP contribution in [0, 0.1) is 0 Å². The number of aliphatic hydroxyl groups is 1. The van der Waals surface area contributed by atoms with E-state index in [1.54, 1.807) is 31.2 Å². The Kier molecular flexibility index (Phi) is 4.93. The van der Waals surface area contributed by atoms with E-state index in [4.69, 9.17) is 5.11 Å². The molecule has 1 rings (SSSR count). The fourth-order valence-electron chi connectivity index (χ4n) is 1.55. The molecular formula is C13H19NO3S. The highest BCUT2D eigenvalue weighted by Gasteiger charge is 2.14. The number of nitrogens with zero attached hydrogens (tertiary/aromatic N) is 1. The average Bonchev–Trinajstić information content (AvgIpc) is 2.28. The molecule has 0 spiro atoms. The second kappa shape index (κ2) is 6.02. The average molecular weight is 269 g/mol. The number of rotatable bonds is 5. The van der Waals surface area contributed by atoms with Crippen LogP contribution in [0.2, 0.25) is 0 Å². The van der Waals surface area contributed by atoms with Gasteiger partial charge >= 0.3 is 0 Å². The van der Waals surface area contributed by atoms with E-state index in [1.165, 1.54) is 6.08 Å². The van der Waals surface area contributed by atoms with Crippen LogP contribution in [-0.4, -0.2) is 40.0 Å². The van der Waals surface area contributed by atoms with Crippen LogP contribution in [0.1, 0.15) is 6.92 Å². The summed E-state index contributed by atoms with van der Waals surface area (Å²) < 4.78 is 24.1. The zero-order chi connectivity index (χ0) is 13.8. The first-order chi connectivity index (χ1) is 8.36. The Balaban J connectivity index is 2.95. The minimum absolute atomic E-state index is 0.0606. The molecule has 1 aromatic rings. The van der Waals surface area contributed by atoms with Crippen LogP contribution in [0.25, 0.3) is 0 Å². The number of benzene rings is 1. The number of sulfone groups is 1. The van der Waals surface area contributed by atoms with Gasteiger partial charge in [0.2, 0.25) is 0 Å². The van der Waals surface area contributed by atoms with Crippen molar-refractivity contribution in [1.29, 1.82) is 0 Å². The van der Waals surface area contributed by atoms with Crippen LogP contribution < -0.4 is 4.90 Å². The largest absolute Gasteiger partial charge is 0.392 e. The van der Waals surface area contributed by atoms with Crippen molar-refractivity contribution < 1.29 is 13.5 Å². The van der Waals surface area contributed by atoms with Gasteiger partial charge in [-0.05, 0) is 31.2 Å². The Hall–Kier alpha value is -1.33. The van der Waals surface area contributed by atoms with Gasteiger partial charge in [0.25, 0.3) is 0 Å². The lowest BCUT2D eigenvalue weighted by atomic mass is 10.3. The smallest absolute Gasteiger partial charge is 0.182 e. The lowest BCUT2D eigenvalue weighted by Gasteiger charge is -2.12. The van der Waals surface area contributed by atoms with E-state index in [2.05, 4.69) is 0 Å². The molecule has 0 heterocycles. The minimum atomic E-state index is -3.32. The summed E-state index contributed by atoms with van der Waals surface area (Å²) in [7, 11) is 0.479. The molecule has 0 bridgehead atoms. The standard InChI is InChI=1S/C13H19NO3S/c1-11(8-9-15)10-18(16,17)13-6-4-12(5-7-13)14(2)3/h4-8,15H,9-10H2,1-3H3/b11-8+. The second-order valence-electron chi connectivity index (χ2n) is 4.38. The van der Waals surface area contributed by atoms with Crippen LogP contribution in [0.5, 0.6) is 0 Å². The van der Waals surface area contributed by atoms with Gasteiger partial charge in [-0.25, -0.2) is 8.42 Å². The topological polar surface area (TPSA) is 57.6 Å². The molecule has 1 aromatic carbocycles. The molecule has 0 aliphatic heterocycles. The Labute approximate surface area is 108 Å². The lowest BCUT2D eigenvalue weighted by Crippen LogP contribution is -2.10. The third-order valence-corrected chi connectivity index (χ3v) is 4.40. The molecule has 100 valence electrons. The van der Waals surface area contributed by atoms with Gasteiger partial charge in [-0.15, -0.1) is 0 Å². The fourth-order valence-corrected chi connectivity index (χ4v) is 2.98. The first kappa shape index (κ1) is 14.7. The summed E-state index contributed by atoms with van der Waals surface area (Å²) >= 11 is 0. The van der Waals surface area contributed by atoms with Gasteiger partial charge in [-0.3, -0.25) is 0 Å². The van der Waals surface area contributed by atoms with Gasteiger partial charge in [-0.2, -0.15) is 0 Å². The molecule has 0 saturated heterocycles. The summed E-state index contributed by atoms with van der Waals surface area (Å²) in [6.45, 7) is 1.56. The number of aliphatic hydroxyl groups excluding tert-OH is 1. The molecule has 0 aliphatic carbocycles. The molecule has 0 fully saturated rings. The van der Waals surface area contributed by atoms with Crippen LogP contribution >= 0.6 is 0 Å². The maximum atomic E-state index is 12.1. The molecule has 0 saturated carbocycles. The van der Waals surface area contributed by atoms with Gasteiger partial charge in [0.05, 0.1) is 17.3 Å². The quantitative estimate of drug-likeness (QED) is 0.822. The Morgan fingerprint density at radius 3 is 2.28 bits per heavy atom. The zero-order valence-corrected chi connectivity index (χ0v) is 11.7. The molecule has 5 heteroatoms. The summed E-state index contributed by atoms with van der Waals surface area (Å²) in [5.41, 5.74) is 1.60. The molecule has 0 aliphatic rings. The van der Waals surface area contributed by atoms with Crippen molar-refractivity contribution >= 4 is 15.5 Å². The monoisotopic (exact) mass is 269 g/mol. The molecule has 18 heavy (non-hydrogen) atoms. The normalized spacial score (nSPS) is 12.6. The third-order valence-electron chi connectivity index (χ3n) is 2.57. The van der Waals surface area contributed by atoms with Gasteiger partial charge in [0, 0.05) is 19.8 Å². The van der Waals surface area contributed by atoms with Gasteiger partial charge < -0.3 is 10.0 Å². The van der Waals surface area contributed by atoms with Crippen molar-refractivity contribution in [2.45, 2.75) is 11.8 Å². The third kappa shape index (κ3) is 3.85. The highest BCUT2D eigenvalue weighted by molar-refractivity contribution is 7.91. The molecule has 0 aromatic heterocycles. The molecule has 1 N–H and O–H groups in total. The predicted octanol–water partition coefficient (Wildman–Crippen LogP) is 1.46. The first-order valence-electron chi connectivity index (χ1n) is 5.63. The SMILES string of the molecule is C/C(=C\CO)CS(=O)(=O)c1ccc(N(C)C)cc1. The van der Waals surface area contributed by atoms with E-state index in [1.807, 2.05) is 19.0 Å². The van der Waals surface area contributed by atoms with Crippen molar-refractivity contribution in [3.8, 4) is 0 Å². The first-order valence-corrected chi connectivity index (χ1v) is 7.28. The molecule has 0 radical (unpaired) electrons. The number of anilines is 1.